The van der Waals surface area contributed by atoms with Gasteiger partial charge in [-0.15, -0.1) is 0 Å². The Morgan fingerprint density at radius 3 is 2.48 bits per heavy atom. The average Bonchev–Trinajstić information content (AvgIpc) is 2.45. The molecule has 0 spiro atoms. The van der Waals surface area contributed by atoms with Gasteiger partial charge in [0.25, 0.3) is 0 Å². The lowest BCUT2D eigenvalue weighted by Crippen LogP contribution is -2.40. The van der Waals surface area contributed by atoms with Gasteiger partial charge in [0.1, 0.15) is 0 Å². The molecule has 1 saturated heterocycles. The molecule has 21 heavy (non-hydrogen) atoms. The van der Waals surface area contributed by atoms with Crippen LogP contribution in [-0.2, 0) is 11.8 Å². The van der Waals surface area contributed by atoms with Crippen molar-refractivity contribution in [3.63, 3.8) is 0 Å². The highest BCUT2D eigenvalue weighted by atomic mass is 15.1. The van der Waals surface area contributed by atoms with Crippen LogP contribution in [0.1, 0.15) is 51.7 Å². The molecule has 1 aromatic carbocycles. The summed E-state index contributed by atoms with van der Waals surface area (Å²) >= 11 is 0. The highest BCUT2D eigenvalue weighted by Gasteiger charge is 2.21. The number of hydrogen-bond acceptors (Lipinski definition) is 2. The lowest BCUT2D eigenvalue weighted by molar-refractivity contribution is 0.174. The van der Waals surface area contributed by atoms with E-state index in [0.717, 1.165) is 12.3 Å². The summed E-state index contributed by atoms with van der Waals surface area (Å²) in [4.78, 5) is 2.60. The van der Waals surface area contributed by atoms with Gasteiger partial charge in [-0.2, -0.15) is 0 Å². The van der Waals surface area contributed by atoms with Crippen molar-refractivity contribution in [3.8, 4) is 0 Å². The van der Waals surface area contributed by atoms with Crippen molar-refractivity contribution in [2.45, 2.75) is 58.4 Å². The summed E-state index contributed by atoms with van der Waals surface area (Å²) in [5, 5.41) is 0. The highest BCUT2D eigenvalue weighted by Crippen LogP contribution is 2.23. The van der Waals surface area contributed by atoms with Crippen molar-refractivity contribution < 1.29 is 0 Å². The molecule has 1 aliphatic heterocycles. The summed E-state index contributed by atoms with van der Waals surface area (Å²) in [6.07, 6.45) is 3.69. The van der Waals surface area contributed by atoms with Crippen molar-refractivity contribution >= 4 is 0 Å². The molecule has 1 aromatic rings. The Morgan fingerprint density at radius 1 is 1.24 bits per heavy atom. The molecule has 0 bridgehead atoms. The monoisotopic (exact) mass is 288 g/mol. The largest absolute Gasteiger partial charge is 0.328 e. The standard InChI is InChI=1S/C19H32N2/c1-15(20)17-9-12-21(13-10-17)11-8-16-6-5-7-18(14-16)19(2,3)4/h5-7,14-15,17H,8-13,20H2,1-4H3. The van der Waals surface area contributed by atoms with Crippen LogP contribution in [-0.4, -0.2) is 30.6 Å². The number of benzene rings is 1. The van der Waals surface area contributed by atoms with E-state index in [2.05, 4.69) is 56.9 Å². The summed E-state index contributed by atoms with van der Waals surface area (Å²) in [6, 6.07) is 9.46. The first kappa shape index (κ1) is 16.5. The van der Waals surface area contributed by atoms with Gasteiger partial charge in [-0.05, 0) is 61.7 Å². The Bertz CT molecular complexity index is 437. The Labute approximate surface area is 130 Å². The third kappa shape index (κ3) is 4.82. The highest BCUT2D eigenvalue weighted by molar-refractivity contribution is 5.28. The minimum atomic E-state index is 0.242. The lowest BCUT2D eigenvalue weighted by Gasteiger charge is -2.33. The number of nitrogens with zero attached hydrogens (tertiary/aromatic N) is 1. The molecule has 2 nitrogen and oxygen atoms in total. The fourth-order valence-corrected chi connectivity index (χ4v) is 3.18. The molecule has 1 unspecified atom stereocenters. The molecular formula is C19H32N2. The summed E-state index contributed by atoms with van der Waals surface area (Å²) < 4.78 is 0. The van der Waals surface area contributed by atoms with Crippen LogP contribution in [0.15, 0.2) is 24.3 Å². The van der Waals surface area contributed by atoms with Crippen molar-refractivity contribution in [2.75, 3.05) is 19.6 Å². The van der Waals surface area contributed by atoms with Gasteiger partial charge in [-0.1, -0.05) is 45.0 Å². The van der Waals surface area contributed by atoms with Crippen LogP contribution in [0, 0.1) is 5.92 Å². The molecule has 0 amide bonds. The maximum atomic E-state index is 6.02. The van der Waals surface area contributed by atoms with E-state index in [9.17, 15) is 0 Å². The van der Waals surface area contributed by atoms with Crippen LogP contribution in [0.3, 0.4) is 0 Å². The topological polar surface area (TPSA) is 29.3 Å². The van der Waals surface area contributed by atoms with Gasteiger partial charge in [-0.3, -0.25) is 0 Å². The van der Waals surface area contributed by atoms with E-state index in [1.807, 2.05) is 0 Å². The molecule has 0 aromatic heterocycles. The van der Waals surface area contributed by atoms with Crippen molar-refractivity contribution in [1.29, 1.82) is 0 Å². The smallest absolute Gasteiger partial charge is 0.00397 e. The van der Waals surface area contributed by atoms with E-state index in [-0.39, 0.29) is 5.41 Å². The molecule has 118 valence electrons. The van der Waals surface area contributed by atoms with Crippen molar-refractivity contribution in [2.24, 2.45) is 11.7 Å². The predicted molar refractivity (Wildman–Crippen MR) is 91.7 cm³/mol. The maximum absolute atomic E-state index is 6.02. The number of hydrogen-bond donors (Lipinski definition) is 1. The van der Waals surface area contributed by atoms with E-state index in [1.165, 1.54) is 43.6 Å². The molecule has 1 fully saturated rings. The van der Waals surface area contributed by atoms with Crippen LogP contribution in [0.2, 0.25) is 0 Å². The minimum Gasteiger partial charge on any atom is -0.328 e. The first-order chi connectivity index (χ1) is 9.86. The Kier molecular flexibility index (Phi) is 5.45. The summed E-state index contributed by atoms with van der Waals surface area (Å²) in [7, 11) is 0. The quantitative estimate of drug-likeness (QED) is 0.917. The number of likely N-dealkylation sites (tertiary alicyclic amines) is 1. The van der Waals surface area contributed by atoms with E-state index in [1.54, 1.807) is 0 Å². The van der Waals surface area contributed by atoms with Gasteiger partial charge in [0.05, 0.1) is 0 Å². The van der Waals surface area contributed by atoms with Gasteiger partial charge in [0, 0.05) is 12.6 Å². The molecule has 1 aliphatic rings. The second-order valence-electron chi connectivity index (χ2n) is 7.74. The van der Waals surface area contributed by atoms with E-state index >= 15 is 0 Å². The molecule has 1 heterocycles. The third-order valence-electron chi connectivity index (χ3n) is 4.89. The number of piperidine rings is 1. The molecule has 0 saturated carbocycles. The van der Waals surface area contributed by atoms with Crippen LogP contribution >= 0.6 is 0 Å². The zero-order valence-electron chi connectivity index (χ0n) is 14.2. The minimum absolute atomic E-state index is 0.242. The SMILES string of the molecule is CC(N)C1CCN(CCc2cccc(C(C)(C)C)c2)CC1. The van der Waals surface area contributed by atoms with Crippen LogP contribution < -0.4 is 5.73 Å². The van der Waals surface area contributed by atoms with Gasteiger partial charge < -0.3 is 10.6 Å². The molecule has 1 atom stereocenters. The molecule has 2 heteroatoms. The molecule has 0 radical (unpaired) electrons. The lowest BCUT2D eigenvalue weighted by atomic mass is 9.86. The zero-order valence-corrected chi connectivity index (χ0v) is 14.2. The fraction of sp³-hybridized carbons (Fsp3) is 0.684. The molecule has 2 N–H and O–H groups in total. The van der Waals surface area contributed by atoms with Gasteiger partial charge >= 0.3 is 0 Å². The first-order valence-corrected chi connectivity index (χ1v) is 8.43. The fourth-order valence-electron chi connectivity index (χ4n) is 3.18. The van der Waals surface area contributed by atoms with Crippen molar-refractivity contribution in [3.05, 3.63) is 35.4 Å². The predicted octanol–water partition coefficient (Wildman–Crippen LogP) is 3.59. The normalized spacial score (nSPS) is 19.7. The Balaban J connectivity index is 1.84. The molecular weight excluding hydrogens is 256 g/mol. The van der Waals surface area contributed by atoms with Gasteiger partial charge in [0.2, 0.25) is 0 Å². The zero-order chi connectivity index (χ0) is 15.5. The van der Waals surface area contributed by atoms with E-state index in [0.29, 0.717) is 6.04 Å². The first-order valence-electron chi connectivity index (χ1n) is 8.43. The Morgan fingerprint density at radius 2 is 1.90 bits per heavy atom. The van der Waals surface area contributed by atoms with Crippen LogP contribution in [0.5, 0.6) is 0 Å². The molecule has 2 rings (SSSR count). The summed E-state index contributed by atoms with van der Waals surface area (Å²) in [6.45, 7) is 12.6. The van der Waals surface area contributed by atoms with E-state index < -0.39 is 0 Å². The number of nitrogens with two attached hydrogens (primary N) is 1. The summed E-state index contributed by atoms with van der Waals surface area (Å²) in [5.74, 6) is 0.727. The number of rotatable bonds is 4. The Hall–Kier alpha value is -0.860. The van der Waals surface area contributed by atoms with Crippen LogP contribution in [0.4, 0.5) is 0 Å². The van der Waals surface area contributed by atoms with Gasteiger partial charge in [0.15, 0.2) is 0 Å². The van der Waals surface area contributed by atoms with Crippen LogP contribution in [0.25, 0.3) is 0 Å². The van der Waals surface area contributed by atoms with E-state index in [4.69, 9.17) is 5.73 Å². The summed E-state index contributed by atoms with van der Waals surface area (Å²) in [5.41, 5.74) is 9.17. The maximum Gasteiger partial charge on any atom is 0.00397 e. The van der Waals surface area contributed by atoms with Crippen molar-refractivity contribution in [1.82, 2.24) is 4.90 Å². The third-order valence-corrected chi connectivity index (χ3v) is 4.89. The second kappa shape index (κ2) is 6.93. The second-order valence-corrected chi connectivity index (χ2v) is 7.74. The molecule has 0 aliphatic carbocycles. The average molecular weight is 288 g/mol. The van der Waals surface area contributed by atoms with Gasteiger partial charge in [-0.25, -0.2) is 0 Å².